The molecule has 0 radical (unpaired) electrons. The Morgan fingerprint density at radius 2 is 1.18 bits per heavy atom. The zero-order valence-electron chi connectivity index (χ0n) is 13.4. The third-order valence-corrected chi connectivity index (χ3v) is 3.30. The van der Waals surface area contributed by atoms with E-state index >= 15 is 0 Å². The molecule has 22 heavy (non-hydrogen) atoms. The zero-order valence-corrected chi connectivity index (χ0v) is 13.4. The van der Waals surface area contributed by atoms with Crippen molar-refractivity contribution in [3.63, 3.8) is 0 Å². The van der Waals surface area contributed by atoms with Crippen molar-refractivity contribution in [3.05, 3.63) is 54.1 Å². The number of aryl methyl sites for hydroxylation is 1. The molecule has 0 N–H and O–H groups in total. The van der Waals surface area contributed by atoms with Crippen LogP contribution in [0, 0.1) is 6.92 Å². The highest BCUT2D eigenvalue weighted by Gasteiger charge is 2.03. The van der Waals surface area contributed by atoms with E-state index in [0.717, 1.165) is 30.1 Å². The number of unbranched alkanes of at least 4 members (excludes halogenated alkanes) is 1. The van der Waals surface area contributed by atoms with E-state index in [1.165, 1.54) is 5.56 Å². The molecule has 2 rings (SSSR count). The van der Waals surface area contributed by atoms with Crippen molar-refractivity contribution in [2.45, 2.75) is 26.7 Å². The Labute approximate surface area is 132 Å². The van der Waals surface area contributed by atoms with Crippen LogP contribution in [-0.2, 0) is 0 Å². The summed E-state index contributed by atoms with van der Waals surface area (Å²) in [5.74, 6) is 2.58. The first-order chi connectivity index (χ1) is 10.8. The molecule has 0 aliphatic heterocycles. The summed E-state index contributed by atoms with van der Waals surface area (Å²) in [5.41, 5.74) is 1.17. The summed E-state index contributed by atoms with van der Waals surface area (Å²) in [6, 6.07) is 15.9. The molecule has 0 bridgehead atoms. The van der Waals surface area contributed by atoms with Gasteiger partial charge >= 0.3 is 0 Å². The van der Waals surface area contributed by atoms with Crippen LogP contribution in [0.1, 0.15) is 25.3 Å². The molecule has 0 unspecified atom stereocenters. The molecule has 0 fully saturated rings. The van der Waals surface area contributed by atoms with E-state index in [2.05, 4.69) is 13.0 Å². The maximum atomic E-state index is 5.79. The molecular formula is C19H24O3. The SMILES string of the molecule is CCOc1ccccc1OCCCCOc1ccccc1C. The summed E-state index contributed by atoms with van der Waals surface area (Å²) in [5, 5.41) is 0. The van der Waals surface area contributed by atoms with E-state index in [4.69, 9.17) is 14.2 Å². The Balaban J connectivity index is 1.66. The van der Waals surface area contributed by atoms with Crippen LogP contribution in [0.3, 0.4) is 0 Å². The third kappa shape index (κ3) is 4.99. The second-order valence-electron chi connectivity index (χ2n) is 5.05. The lowest BCUT2D eigenvalue weighted by molar-refractivity contribution is 0.251. The first-order valence-electron chi connectivity index (χ1n) is 7.84. The van der Waals surface area contributed by atoms with E-state index in [0.29, 0.717) is 19.8 Å². The molecule has 2 aromatic rings. The van der Waals surface area contributed by atoms with E-state index in [1.807, 2.05) is 49.4 Å². The van der Waals surface area contributed by atoms with Gasteiger partial charge in [-0.25, -0.2) is 0 Å². The third-order valence-electron chi connectivity index (χ3n) is 3.30. The molecule has 0 aliphatic rings. The molecule has 3 heteroatoms. The summed E-state index contributed by atoms with van der Waals surface area (Å²) < 4.78 is 17.1. The minimum Gasteiger partial charge on any atom is -0.493 e. The predicted molar refractivity (Wildman–Crippen MR) is 89.0 cm³/mol. The highest BCUT2D eigenvalue weighted by atomic mass is 16.5. The van der Waals surface area contributed by atoms with E-state index < -0.39 is 0 Å². The van der Waals surface area contributed by atoms with Gasteiger partial charge in [0.25, 0.3) is 0 Å². The molecule has 0 aromatic heterocycles. The minimum atomic E-state index is 0.643. The topological polar surface area (TPSA) is 27.7 Å². The molecule has 118 valence electrons. The van der Waals surface area contributed by atoms with Crippen LogP contribution in [0.15, 0.2) is 48.5 Å². The molecule has 0 spiro atoms. The summed E-state index contributed by atoms with van der Waals surface area (Å²) >= 11 is 0. The fraction of sp³-hybridized carbons (Fsp3) is 0.368. The highest BCUT2D eigenvalue weighted by molar-refractivity contribution is 5.39. The lowest BCUT2D eigenvalue weighted by atomic mass is 10.2. The molecule has 0 saturated carbocycles. The van der Waals surface area contributed by atoms with Gasteiger partial charge in [0, 0.05) is 0 Å². The van der Waals surface area contributed by atoms with Gasteiger partial charge in [0.15, 0.2) is 11.5 Å². The van der Waals surface area contributed by atoms with Crippen LogP contribution in [0.2, 0.25) is 0 Å². The Morgan fingerprint density at radius 3 is 1.77 bits per heavy atom. The van der Waals surface area contributed by atoms with Gasteiger partial charge in [0.2, 0.25) is 0 Å². The second kappa shape index (κ2) is 8.98. The molecule has 3 nitrogen and oxygen atoms in total. The van der Waals surface area contributed by atoms with Gasteiger partial charge in [0.1, 0.15) is 5.75 Å². The Hall–Kier alpha value is -2.16. The number of rotatable bonds is 9. The average molecular weight is 300 g/mol. The van der Waals surface area contributed by atoms with Gasteiger partial charge in [0.05, 0.1) is 19.8 Å². The molecule has 2 aromatic carbocycles. The van der Waals surface area contributed by atoms with Gasteiger partial charge in [-0.3, -0.25) is 0 Å². The molecule has 0 atom stereocenters. The van der Waals surface area contributed by atoms with Crippen molar-refractivity contribution in [1.29, 1.82) is 0 Å². The van der Waals surface area contributed by atoms with Crippen LogP contribution in [0.5, 0.6) is 17.2 Å². The van der Waals surface area contributed by atoms with Crippen LogP contribution < -0.4 is 14.2 Å². The molecule has 0 saturated heterocycles. The number of benzene rings is 2. The highest BCUT2D eigenvalue weighted by Crippen LogP contribution is 2.26. The lowest BCUT2D eigenvalue weighted by Crippen LogP contribution is -2.04. The van der Waals surface area contributed by atoms with E-state index in [1.54, 1.807) is 0 Å². The number of hydrogen-bond acceptors (Lipinski definition) is 3. The Morgan fingerprint density at radius 1 is 0.682 bits per heavy atom. The quantitative estimate of drug-likeness (QED) is 0.632. The molecule has 0 aliphatic carbocycles. The number of para-hydroxylation sites is 3. The largest absolute Gasteiger partial charge is 0.493 e. The van der Waals surface area contributed by atoms with Crippen LogP contribution in [0.4, 0.5) is 0 Å². The van der Waals surface area contributed by atoms with Crippen LogP contribution >= 0.6 is 0 Å². The maximum Gasteiger partial charge on any atom is 0.161 e. The average Bonchev–Trinajstić information content (AvgIpc) is 2.54. The minimum absolute atomic E-state index is 0.643. The Bertz CT molecular complexity index is 566. The molecule has 0 heterocycles. The second-order valence-corrected chi connectivity index (χ2v) is 5.05. The van der Waals surface area contributed by atoms with Crippen molar-refractivity contribution in [2.24, 2.45) is 0 Å². The first kappa shape index (κ1) is 16.2. The van der Waals surface area contributed by atoms with E-state index in [-0.39, 0.29) is 0 Å². The first-order valence-corrected chi connectivity index (χ1v) is 7.84. The normalized spacial score (nSPS) is 10.3. The molecule has 0 amide bonds. The van der Waals surface area contributed by atoms with Gasteiger partial charge in [-0.2, -0.15) is 0 Å². The predicted octanol–water partition coefficient (Wildman–Crippen LogP) is 4.63. The van der Waals surface area contributed by atoms with Crippen molar-refractivity contribution in [3.8, 4) is 17.2 Å². The van der Waals surface area contributed by atoms with Gasteiger partial charge < -0.3 is 14.2 Å². The Kier molecular flexibility index (Phi) is 6.62. The fourth-order valence-corrected chi connectivity index (χ4v) is 2.13. The standard InChI is InChI=1S/C19H24O3/c1-3-20-18-12-6-7-13-19(18)22-15-9-8-14-21-17-11-5-4-10-16(17)2/h4-7,10-13H,3,8-9,14-15H2,1-2H3. The van der Waals surface area contributed by atoms with Crippen molar-refractivity contribution < 1.29 is 14.2 Å². The van der Waals surface area contributed by atoms with Crippen LogP contribution in [-0.4, -0.2) is 19.8 Å². The summed E-state index contributed by atoms with van der Waals surface area (Å²) in [6.07, 6.45) is 1.91. The fourth-order valence-electron chi connectivity index (χ4n) is 2.13. The zero-order chi connectivity index (χ0) is 15.6. The van der Waals surface area contributed by atoms with Gasteiger partial charge in [-0.15, -0.1) is 0 Å². The van der Waals surface area contributed by atoms with E-state index in [9.17, 15) is 0 Å². The van der Waals surface area contributed by atoms with Crippen molar-refractivity contribution in [2.75, 3.05) is 19.8 Å². The number of hydrogen-bond donors (Lipinski definition) is 0. The maximum absolute atomic E-state index is 5.79. The van der Waals surface area contributed by atoms with Crippen LogP contribution in [0.25, 0.3) is 0 Å². The summed E-state index contributed by atoms with van der Waals surface area (Å²) in [7, 11) is 0. The van der Waals surface area contributed by atoms with Gasteiger partial charge in [-0.1, -0.05) is 30.3 Å². The monoisotopic (exact) mass is 300 g/mol. The lowest BCUT2D eigenvalue weighted by Gasteiger charge is -2.12. The van der Waals surface area contributed by atoms with Crippen molar-refractivity contribution >= 4 is 0 Å². The number of ether oxygens (including phenoxy) is 3. The smallest absolute Gasteiger partial charge is 0.161 e. The summed E-state index contributed by atoms with van der Waals surface area (Å²) in [4.78, 5) is 0. The molecular weight excluding hydrogens is 276 g/mol. The van der Waals surface area contributed by atoms with Crippen molar-refractivity contribution in [1.82, 2.24) is 0 Å². The van der Waals surface area contributed by atoms with Gasteiger partial charge in [-0.05, 0) is 50.5 Å². The summed E-state index contributed by atoms with van der Waals surface area (Å²) in [6.45, 7) is 6.05.